The van der Waals surface area contributed by atoms with E-state index in [1.165, 1.54) is 0 Å². The first kappa shape index (κ1) is 24.4. The second-order valence-electron chi connectivity index (χ2n) is 5.51. The predicted molar refractivity (Wildman–Crippen MR) is 110 cm³/mol. The number of rotatable bonds is 7. The first-order valence-corrected chi connectivity index (χ1v) is 9.50. The Labute approximate surface area is 175 Å². The average Bonchev–Trinajstić information content (AvgIpc) is 2.71. The molecule has 0 spiro atoms. The number of hydrogen-bond donors (Lipinski definition) is 1. The van der Waals surface area contributed by atoms with Crippen LogP contribution in [0.5, 0.6) is 0 Å². The quantitative estimate of drug-likeness (QED) is 0.480. The van der Waals surface area contributed by atoms with Crippen molar-refractivity contribution in [1.29, 1.82) is 0 Å². The minimum atomic E-state index is -4.52. The van der Waals surface area contributed by atoms with Crippen LogP contribution in [0.2, 0.25) is 0 Å². The summed E-state index contributed by atoms with van der Waals surface area (Å²) in [6, 6.07) is 10.3. The van der Waals surface area contributed by atoms with Crippen molar-refractivity contribution in [1.82, 2.24) is 10.3 Å². The summed E-state index contributed by atoms with van der Waals surface area (Å²) >= 11 is 3.25. The Morgan fingerprint density at radius 3 is 2.31 bits per heavy atom. The highest BCUT2D eigenvalue weighted by Crippen LogP contribution is 2.32. The van der Waals surface area contributed by atoms with Gasteiger partial charge in [-0.05, 0) is 40.2 Å². The highest BCUT2D eigenvalue weighted by Gasteiger charge is 2.28. The number of benzene rings is 1. The van der Waals surface area contributed by atoms with Gasteiger partial charge in [-0.25, -0.2) is 4.98 Å². The maximum Gasteiger partial charge on any atom is 0.405 e. The van der Waals surface area contributed by atoms with Gasteiger partial charge in [-0.15, -0.1) is 0 Å². The van der Waals surface area contributed by atoms with Crippen LogP contribution >= 0.6 is 15.9 Å². The van der Waals surface area contributed by atoms with E-state index in [0.717, 1.165) is 10.6 Å². The van der Waals surface area contributed by atoms with Crippen LogP contribution in [0, 0.1) is 0 Å². The van der Waals surface area contributed by atoms with Crippen molar-refractivity contribution >= 4 is 45.3 Å². The van der Waals surface area contributed by atoms with E-state index in [-0.39, 0.29) is 0 Å². The molecule has 1 aromatic heterocycles. The lowest BCUT2D eigenvalue weighted by atomic mass is 10.2. The number of para-hydroxylation sites is 2. The van der Waals surface area contributed by atoms with Gasteiger partial charge in [0, 0.05) is 7.05 Å². The molecule has 0 aliphatic rings. The van der Waals surface area contributed by atoms with Crippen molar-refractivity contribution in [2.45, 2.75) is 20.0 Å². The normalized spacial score (nSPS) is 10.4. The molecule has 29 heavy (non-hydrogen) atoms. The molecule has 0 saturated carbocycles. The molecule has 10 heteroatoms. The Morgan fingerprint density at radius 2 is 1.79 bits per heavy atom. The van der Waals surface area contributed by atoms with Crippen LogP contribution in [0.25, 0.3) is 0 Å². The molecular weight excluding hydrogens is 453 g/mol. The summed E-state index contributed by atoms with van der Waals surface area (Å²) in [7, 11) is 1.75. The highest BCUT2D eigenvalue weighted by atomic mass is 79.9. The molecule has 0 bridgehead atoms. The number of carbonyl (C=O) groups excluding carboxylic acids is 2. The van der Waals surface area contributed by atoms with Crippen molar-refractivity contribution in [2.75, 3.05) is 29.9 Å². The van der Waals surface area contributed by atoms with Gasteiger partial charge in [0.15, 0.2) is 0 Å². The predicted octanol–water partition coefficient (Wildman–Crippen LogP) is 4.28. The smallest absolute Gasteiger partial charge is 0.345 e. The zero-order valence-electron chi connectivity index (χ0n) is 16.2. The first-order chi connectivity index (χ1) is 13.7. The highest BCUT2D eigenvalue weighted by molar-refractivity contribution is 9.10. The summed E-state index contributed by atoms with van der Waals surface area (Å²) in [5.41, 5.74) is 1.68. The standard InChI is InChI=1S/C17H16BrF3N4O2.C2H6/c1-24(12-6-7-15(18)22-8-12)13-4-2-3-5-14(13)25(11-26)9-16(27)23-10-17(19,20)21;1-2/h2-8,11H,9-10H2,1H3,(H,23,27);1-2H3. The lowest BCUT2D eigenvalue weighted by Crippen LogP contribution is -2.41. The third-order valence-corrected chi connectivity index (χ3v) is 4.05. The fraction of sp³-hybridized carbons (Fsp3) is 0.316. The van der Waals surface area contributed by atoms with Crippen LogP contribution in [-0.2, 0) is 9.59 Å². The van der Waals surface area contributed by atoms with E-state index >= 15 is 0 Å². The molecule has 1 N–H and O–H groups in total. The maximum atomic E-state index is 12.2. The summed E-state index contributed by atoms with van der Waals surface area (Å²) in [6.07, 6.45) is -2.50. The van der Waals surface area contributed by atoms with Gasteiger partial charge in [0.25, 0.3) is 0 Å². The molecule has 0 saturated heterocycles. The van der Waals surface area contributed by atoms with Crippen molar-refractivity contribution in [3.05, 3.63) is 47.2 Å². The van der Waals surface area contributed by atoms with E-state index in [1.807, 2.05) is 13.8 Å². The molecule has 1 heterocycles. The first-order valence-electron chi connectivity index (χ1n) is 8.71. The van der Waals surface area contributed by atoms with Crippen molar-refractivity contribution in [3.63, 3.8) is 0 Å². The summed E-state index contributed by atoms with van der Waals surface area (Å²) in [5.74, 6) is -0.915. The zero-order chi connectivity index (χ0) is 22.0. The Kier molecular flexibility index (Phi) is 9.60. The number of carbonyl (C=O) groups is 2. The number of amides is 2. The van der Waals surface area contributed by atoms with Gasteiger partial charge >= 0.3 is 6.18 Å². The minimum Gasteiger partial charge on any atom is -0.345 e. The van der Waals surface area contributed by atoms with E-state index in [9.17, 15) is 22.8 Å². The molecule has 0 atom stereocenters. The van der Waals surface area contributed by atoms with Crippen molar-refractivity contribution in [2.24, 2.45) is 0 Å². The molecule has 0 aliphatic heterocycles. The molecular formula is C19H22BrF3N4O2. The Bertz CT molecular complexity index is 801. The summed E-state index contributed by atoms with van der Waals surface area (Å²) in [5, 5.41) is 1.75. The number of nitrogens with zero attached hydrogens (tertiary/aromatic N) is 3. The van der Waals surface area contributed by atoms with E-state index in [4.69, 9.17) is 0 Å². The van der Waals surface area contributed by atoms with E-state index in [2.05, 4.69) is 20.9 Å². The van der Waals surface area contributed by atoms with Crippen LogP contribution < -0.4 is 15.1 Å². The van der Waals surface area contributed by atoms with Gasteiger partial charge in [-0.2, -0.15) is 13.2 Å². The SMILES string of the molecule is CC.CN(c1ccc(Br)nc1)c1ccccc1N(C=O)CC(=O)NCC(F)(F)F. The minimum absolute atomic E-state index is 0.375. The average molecular weight is 475 g/mol. The summed E-state index contributed by atoms with van der Waals surface area (Å²) < 4.78 is 37.3. The zero-order valence-corrected chi connectivity index (χ0v) is 17.8. The van der Waals surface area contributed by atoms with Gasteiger partial charge in [-0.1, -0.05) is 26.0 Å². The van der Waals surface area contributed by atoms with Crippen LogP contribution in [0.1, 0.15) is 13.8 Å². The number of alkyl halides is 3. The van der Waals surface area contributed by atoms with Gasteiger partial charge in [-0.3, -0.25) is 9.59 Å². The monoisotopic (exact) mass is 474 g/mol. The van der Waals surface area contributed by atoms with Crippen LogP contribution in [0.3, 0.4) is 0 Å². The number of nitrogens with one attached hydrogen (secondary N) is 1. The number of pyridine rings is 1. The fourth-order valence-electron chi connectivity index (χ4n) is 2.28. The Hall–Kier alpha value is -2.62. The van der Waals surface area contributed by atoms with Crippen molar-refractivity contribution in [3.8, 4) is 0 Å². The molecule has 2 aromatic rings. The summed E-state index contributed by atoms with van der Waals surface area (Å²) in [4.78, 5) is 30.2. The summed E-state index contributed by atoms with van der Waals surface area (Å²) in [6.45, 7) is 2.01. The van der Waals surface area contributed by atoms with Gasteiger partial charge in [0.1, 0.15) is 17.7 Å². The molecule has 0 unspecified atom stereocenters. The maximum absolute atomic E-state index is 12.2. The number of anilines is 3. The molecule has 2 amide bonds. The van der Waals surface area contributed by atoms with Gasteiger partial charge in [0.2, 0.25) is 12.3 Å². The molecule has 0 aliphatic carbocycles. The molecule has 2 rings (SSSR count). The van der Waals surface area contributed by atoms with Gasteiger partial charge < -0.3 is 15.1 Å². The molecule has 1 aromatic carbocycles. The van der Waals surface area contributed by atoms with E-state index in [0.29, 0.717) is 22.4 Å². The lowest BCUT2D eigenvalue weighted by molar-refractivity contribution is -0.137. The van der Waals surface area contributed by atoms with E-state index in [1.54, 1.807) is 59.9 Å². The number of hydrogen-bond acceptors (Lipinski definition) is 4. The fourth-order valence-corrected chi connectivity index (χ4v) is 2.52. The molecule has 0 fully saturated rings. The van der Waals surface area contributed by atoms with E-state index < -0.39 is 25.2 Å². The number of aromatic nitrogens is 1. The Morgan fingerprint density at radius 1 is 1.17 bits per heavy atom. The third-order valence-electron chi connectivity index (χ3n) is 3.58. The van der Waals surface area contributed by atoms with Crippen LogP contribution in [0.15, 0.2) is 47.2 Å². The lowest BCUT2D eigenvalue weighted by Gasteiger charge is -2.26. The molecule has 6 nitrogen and oxygen atoms in total. The second-order valence-corrected chi connectivity index (χ2v) is 6.32. The van der Waals surface area contributed by atoms with Crippen LogP contribution in [0.4, 0.5) is 30.2 Å². The Balaban J connectivity index is 0.00000204. The molecule has 0 radical (unpaired) electrons. The van der Waals surface area contributed by atoms with Crippen molar-refractivity contribution < 1.29 is 22.8 Å². The topological polar surface area (TPSA) is 65.5 Å². The largest absolute Gasteiger partial charge is 0.405 e. The van der Waals surface area contributed by atoms with Gasteiger partial charge in [0.05, 0.1) is 23.3 Å². The second kappa shape index (κ2) is 11.4. The number of halogens is 4. The third kappa shape index (κ3) is 7.72. The van der Waals surface area contributed by atoms with Crippen LogP contribution in [-0.4, -0.2) is 43.6 Å². The molecule has 158 valence electrons.